The van der Waals surface area contributed by atoms with Gasteiger partial charge in [0.05, 0.1) is 5.71 Å². The first-order valence-electron chi connectivity index (χ1n) is 7.04. The minimum absolute atomic E-state index is 0.0325. The van der Waals surface area contributed by atoms with E-state index in [0.29, 0.717) is 0 Å². The van der Waals surface area contributed by atoms with Crippen molar-refractivity contribution in [1.29, 1.82) is 0 Å². The van der Waals surface area contributed by atoms with Crippen molar-refractivity contribution >= 4 is 28.3 Å². The molecule has 0 unspecified atom stereocenters. The van der Waals surface area contributed by atoms with Gasteiger partial charge in [0.25, 0.3) is 11.5 Å². The molecule has 0 N–H and O–H groups in total. The fourth-order valence-electron chi connectivity index (χ4n) is 2.35. The fraction of sp³-hybridized carbons (Fsp3) is 0.583. The number of alkyl halides is 9. The van der Waals surface area contributed by atoms with E-state index in [0.717, 1.165) is 0 Å². The van der Waals surface area contributed by atoms with Crippen molar-refractivity contribution in [3.05, 3.63) is 11.8 Å². The van der Waals surface area contributed by atoms with Gasteiger partial charge >= 0.3 is 35.2 Å². The molecule has 15 heteroatoms. The molecule has 1 aliphatic rings. The smallest absolute Gasteiger partial charge is 0.483 e. The van der Waals surface area contributed by atoms with Crippen LogP contribution in [0, 0.1) is 0 Å². The van der Waals surface area contributed by atoms with Gasteiger partial charge in [-0.3, -0.25) is 0 Å². The predicted molar refractivity (Wildman–Crippen MR) is 73.6 cm³/mol. The molecule has 0 saturated carbocycles. The lowest BCUT2D eigenvalue weighted by Crippen LogP contribution is -2.59. The average molecular weight is 422 g/mol. The van der Waals surface area contributed by atoms with Gasteiger partial charge in [0.15, 0.2) is 11.6 Å². The third-order valence-electron chi connectivity index (χ3n) is 3.50. The molecule has 27 heavy (non-hydrogen) atoms. The van der Waals surface area contributed by atoms with Gasteiger partial charge < -0.3 is 3.79 Å². The molecule has 5 nitrogen and oxygen atoms in total. The van der Waals surface area contributed by atoms with Crippen LogP contribution < -0.4 is 3.79 Å². The van der Waals surface area contributed by atoms with E-state index in [9.17, 15) is 39.5 Å². The fourth-order valence-corrected chi connectivity index (χ4v) is 2.52. The summed E-state index contributed by atoms with van der Waals surface area (Å²) in [6.45, 7) is 1.31. The zero-order valence-electron chi connectivity index (χ0n) is 13.2. The van der Waals surface area contributed by atoms with E-state index in [-0.39, 0.29) is 17.2 Å². The Labute approximate surface area is 153 Å². The Morgan fingerprint density at radius 3 is 2.04 bits per heavy atom. The molecule has 1 aromatic heterocycles. The number of hydrogen-bond acceptors (Lipinski definition) is 4. The number of nitrogens with zero attached hydrogens (tertiary/aromatic N) is 4. The molecule has 2 heterocycles. The van der Waals surface area contributed by atoms with Crippen LogP contribution in [0.2, 0.25) is 0 Å². The lowest BCUT2D eigenvalue weighted by Gasteiger charge is -2.31. The molecule has 2 rings (SSSR count). The second-order valence-electron chi connectivity index (χ2n) is 5.32. The van der Waals surface area contributed by atoms with Crippen molar-refractivity contribution in [3.8, 4) is 5.88 Å². The summed E-state index contributed by atoms with van der Waals surface area (Å²) >= 11 is 1.51. The second-order valence-corrected chi connectivity index (χ2v) is 5.56. The van der Waals surface area contributed by atoms with Gasteiger partial charge in [0.2, 0.25) is 0 Å². The summed E-state index contributed by atoms with van der Waals surface area (Å²) in [5, 5.41) is 2.94. The minimum atomic E-state index is -5.93. The molecule has 1 aromatic rings. The van der Waals surface area contributed by atoms with E-state index in [1.165, 1.54) is 23.5 Å². The zero-order chi connectivity index (χ0) is 20.8. The maximum Gasteiger partial charge on any atom is 0.483 e. The highest BCUT2D eigenvalue weighted by Gasteiger charge is 2.75. The van der Waals surface area contributed by atoms with Crippen LogP contribution in [0.4, 0.5) is 39.5 Å². The van der Waals surface area contributed by atoms with Crippen molar-refractivity contribution in [2.75, 3.05) is 0 Å². The number of halogens is 9. The van der Waals surface area contributed by atoms with Crippen LogP contribution in [0.25, 0.3) is 0 Å². The Hall–Kier alpha value is -1.75. The predicted octanol–water partition coefficient (Wildman–Crippen LogP) is 3.69. The van der Waals surface area contributed by atoms with Crippen LogP contribution in [-0.2, 0) is 6.18 Å². The van der Waals surface area contributed by atoms with Crippen LogP contribution in [-0.4, -0.2) is 56.0 Å². The Morgan fingerprint density at radius 1 is 1.07 bits per heavy atom. The van der Waals surface area contributed by atoms with E-state index in [1.54, 1.807) is 0 Å². The molecule has 0 fully saturated rings. The molecule has 0 aliphatic carbocycles. The zero-order valence-corrected chi connectivity index (χ0v) is 14.3. The van der Waals surface area contributed by atoms with Crippen LogP contribution in [0.15, 0.2) is 16.1 Å². The molecule has 0 bridgehead atoms. The number of aliphatic imine (C=N–C) groups is 2. The van der Waals surface area contributed by atoms with Gasteiger partial charge in [-0.05, 0) is 6.42 Å². The maximum atomic E-state index is 13.4. The van der Waals surface area contributed by atoms with E-state index in [2.05, 4.69) is 18.9 Å². The first-order chi connectivity index (χ1) is 12.2. The third kappa shape index (κ3) is 3.54. The summed E-state index contributed by atoms with van der Waals surface area (Å²) in [7, 11) is 0. The first kappa shape index (κ1) is 21.6. The SMILES string of the molecule is CCCC1=NC(n2nc(C(F)(F)F)cc2[O][Al])=NC1(C(F)(F)F)C(F)(F)F. The van der Waals surface area contributed by atoms with E-state index in [1.807, 2.05) is 0 Å². The van der Waals surface area contributed by atoms with Gasteiger partial charge in [-0.15, -0.1) is 0 Å². The van der Waals surface area contributed by atoms with E-state index >= 15 is 0 Å². The van der Waals surface area contributed by atoms with Crippen molar-refractivity contribution in [3.63, 3.8) is 0 Å². The Kier molecular flexibility index (Phi) is 5.34. The van der Waals surface area contributed by atoms with Gasteiger partial charge in [-0.2, -0.15) is 49.3 Å². The van der Waals surface area contributed by atoms with E-state index in [4.69, 9.17) is 0 Å². The number of rotatable bonds is 3. The van der Waals surface area contributed by atoms with E-state index < -0.39 is 53.7 Å². The monoisotopic (exact) mass is 422 g/mol. The molecule has 2 radical (unpaired) electrons. The van der Waals surface area contributed by atoms with Gasteiger partial charge in [-0.1, -0.05) is 13.3 Å². The lowest BCUT2D eigenvalue weighted by molar-refractivity contribution is -0.270. The summed E-state index contributed by atoms with van der Waals surface area (Å²) in [6, 6.07) is 0.283. The molecule has 0 aromatic carbocycles. The van der Waals surface area contributed by atoms with Gasteiger partial charge in [-0.25, -0.2) is 9.98 Å². The summed E-state index contributed by atoms with van der Waals surface area (Å²) in [5.74, 6) is -2.13. The summed E-state index contributed by atoms with van der Waals surface area (Å²) in [4.78, 5) is 5.85. The first-order valence-corrected chi connectivity index (χ1v) is 7.52. The second kappa shape index (κ2) is 6.70. The normalized spacial score (nSPS) is 17.7. The molecule has 0 atom stereocenters. The molecule has 0 spiro atoms. The highest BCUT2D eigenvalue weighted by molar-refractivity contribution is 6.10. The Bertz CT molecular complexity index is 761. The third-order valence-corrected chi connectivity index (χ3v) is 3.75. The van der Waals surface area contributed by atoms with Crippen LogP contribution in [0.1, 0.15) is 25.5 Å². The van der Waals surface area contributed by atoms with Crippen LogP contribution >= 0.6 is 0 Å². The molecular formula is C12H8AlF9N4O. The maximum absolute atomic E-state index is 13.4. The highest BCUT2D eigenvalue weighted by Crippen LogP contribution is 2.50. The van der Waals surface area contributed by atoms with Crippen molar-refractivity contribution in [2.24, 2.45) is 9.98 Å². The summed E-state index contributed by atoms with van der Waals surface area (Å²) in [6.07, 6.45) is -17.8. The standard InChI is InChI=1S/C12H9F9N4O.Al/c1-2-3-5-9(11(16,17)18,12(19,20)21)23-8(22-5)25-7(26)4-6(24-25)10(13,14)15;/h4,26H,2-3H2,1H3;/q;+1/p-1. The van der Waals surface area contributed by atoms with Crippen molar-refractivity contribution in [2.45, 2.75) is 43.8 Å². The lowest BCUT2D eigenvalue weighted by atomic mass is 9.90. The van der Waals surface area contributed by atoms with Crippen molar-refractivity contribution in [1.82, 2.24) is 9.78 Å². The van der Waals surface area contributed by atoms with Crippen molar-refractivity contribution < 1.29 is 43.3 Å². The Balaban J connectivity index is 2.74. The molecule has 1 aliphatic heterocycles. The quantitative estimate of drug-likeness (QED) is 0.552. The molecular weight excluding hydrogens is 414 g/mol. The molecule has 0 saturated heterocycles. The molecule has 0 amide bonds. The van der Waals surface area contributed by atoms with Crippen LogP contribution in [0.5, 0.6) is 5.88 Å². The van der Waals surface area contributed by atoms with Crippen LogP contribution in [0.3, 0.4) is 0 Å². The molecule has 148 valence electrons. The number of hydrogen-bond donors (Lipinski definition) is 0. The number of aromatic nitrogens is 2. The summed E-state index contributed by atoms with van der Waals surface area (Å²) < 4.78 is 123. The Morgan fingerprint density at radius 2 is 1.63 bits per heavy atom. The highest BCUT2D eigenvalue weighted by atomic mass is 27.1. The topological polar surface area (TPSA) is 51.8 Å². The minimum Gasteiger partial charge on any atom is -0.640 e. The average Bonchev–Trinajstić information content (AvgIpc) is 3.07. The van der Waals surface area contributed by atoms with Gasteiger partial charge in [0, 0.05) is 6.07 Å². The van der Waals surface area contributed by atoms with Gasteiger partial charge in [0.1, 0.15) is 0 Å². The summed E-state index contributed by atoms with van der Waals surface area (Å²) in [5.41, 5.74) is -7.67. The largest absolute Gasteiger partial charge is 0.640 e.